The number of ether oxygens (including phenoxy) is 1. The highest BCUT2D eigenvalue weighted by Crippen LogP contribution is 2.31. The van der Waals surface area contributed by atoms with Crippen LogP contribution in [0.15, 0.2) is 20.0 Å². The lowest BCUT2D eigenvalue weighted by molar-refractivity contribution is -0.205. The molecule has 6 atom stereocenters. The van der Waals surface area contributed by atoms with Gasteiger partial charge in [0.25, 0.3) is 0 Å². The van der Waals surface area contributed by atoms with Crippen molar-refractivity contribution in [3.05, 3.63) is 0 Å². The average Bonchev–Trinajstić information content (AvgIpc) is 2.97. The number of thioether (sulfide) groups is 1. The van der Waals surface area contributed by atoms with E-state index in [9.17, 15) is 15.3 Å². The summed E-state index contributed by atoms with van der Waals surface area (Å²) in [6.07, 6.45) is -2.34. The minimum absolute atomic E-state index is 0.438. The maximum Gasteiger partial charge on any atom is 0.163 e. The second kappa shape index (κ2) is 5.91. The zero-order valence-electron chi connectivity index (χ0n) is 10.7. The van der Waals surface area contributed by atoms with Crippen LogP contribution >= 0.6 is 11.8 Å². The van der Waals surface area contributed by atoms with E-state index in [0.29, 0.717) is 10.9 Å². The molecule has 0 bridgehead atoms. The van der Waals surface area contributed by atoms with Gasteiger partial charge in [0, 0.05) is 0 Å². The molecule has 1 saturated heterocycles. The Bertz CT molecular complexity index is 535. The van der Waals surface area contributed by atoms with Crippen LogP contribution in [0.3, 0.4) is 0 Å². The van der Waals surface area contributed by atoms with Gasteiger partial charge in [-0.2, -0.15) is 0 Å². The molecule has 3 heterocycles. The molecular weight excluding hydrogens is 300 g/mol. The van der Waals surface area contributed by atoms with Crippen molar-refractivity contribution in [2.75, 3.05) is 6.61 Å². The second-order valence-electron chi connectivity index (χ2n) is 4.68. The summed E-state index contributed by atoms with van der Waals surface area (Å²) in [4.78, 5) is 16.2. The van der Waals surface area contributed by atoms with Crippen LogP contribution in [0.25, 0.3) is 0 Å². The highest BCUT2D eigenvalue weighted by atomic mass is 32.2. The fourth-order valence-corrected chi connectivity index (χ4v) is 3.31. The molecule has 0 amide bonds. The molecule has 3 rings (SSSR count). The van der Waals surface area contributed by atoms with Gasteiger partial charge in [-0.05, 0) is 0 Å². The highest BCUT2D eigenvalue weighted by molar-refractivity contribution is 8.14. The summed E-state index contributed by atoms with van der Waals surface area (Å²) < 4.78 is 5.42. The molecule has 0 saturated carbocycles. The molecule has 0 aromatic heterocycles. The van der Waals surface area contributed by atoms with Crippen LogP contribution in [-0.4, -0.2) is 86.5 Å². The van der Waals surface area contributed by atoms with Crippen LogP contribution < -0.4 is 0 Å². The minimum Gasteiger partial charge on any atom is -0.394 e. The molecule has 1 fully saturated rings. The highest BCUT2D eigenvalue weighted by Gasteiger charge is 2.45. The molecule has 0 aromatic rings. The molecule has 3 aliphatic heterocycles. The van der Waals surface area contributed by atoms with Crippen LogP contribution in [0.1, 0.15) is 0 Å². The predicted molar refractivity (Wildman–Crippen MR) is 77.0 cm³/mol. The van der Waals surface area contributed by atoms with E-state index < -0.39 is 42.5 Å². The number of rotatable bonds is 2. The lowest BCUT2D eigenvalue weighted by Gasteiger charge is -2.39. The SMILES string of the molecule is OCC1OC(SC2=NC=NC3=NC=NC32)C(O)C(O)C1O. The third-order valence-electron chi connectivity index (χ3n) is 3.34. The summed E-state index contributed by atoms with van der Waals surface area (Å²) >= 11 is 1.06. The van der Waals surface area contributed by atoms with E-state index >= 15 is 0 Å². The van der Waals surface area contributed by atoms with E-state index in [1.807, 2.05) is 0 Å². The van der Waals surface area contributed by atoms with E-state index in [1.165, 1.54) is 12.7 Å². The number of aliphatic imine (C=N–C) groups is 4. The van der Waals surface area contributed by atoms with Gasteiger partial charge in [-0.1, -0.05) is 11.8 Å². The fraction of sp³-hybridized carbons (Fsp3) is 0.636. The van der Waals surface area contributed by atoms with Gasteiger partial charge in [0.1, 0.15) is 47.6 Å². The number of aliphatic hydroxyl groups excluding tert-OH is 4. The Morgan fingerprint density at radius 1 is 1.10 bits per heavy atom. The Labute approximate surface area is 123 Å². The first-order valence-electron chi connectivity index (χ1n) is 6.28. The number of hydrogen-bond donors (Lipinski definition) is 4. The lowest BCUT2D eigenvalue weighted by Crippen LogP contribution is -2.57. The average molecular weight is 314 g/mol. The second-order valence-corrected chi connectivity index (χ2v) is 5.80. The first-order valence-corrected chi connectivity index (χ1v) is 7.16. The summed E-state index contributed by atoms with van der Waals surface area (Å²) in [7, 11) is 0. The van der Waals surface area contributed by atoms with Crippen LogP contribution in [0.2, 0.25) is 0 Å². The maximum absolute atomic E-state index is 10.00. The summed E-state index contributed by atoms with van der Waals surface area (Å²) in [6, 6.07) is -0.438. The molecule has 4 N–H and O–H groups in total. The van der Waals surface area contributed by atoms with E-state index in [1.54, 1.807) is 0 Å². The normalized spacial score (nSPS) is 41.7. The number of aliphatic hydroxyl groups is 4. The molecule has 0 spiro atoms. The van der Waals surface area contributed by atoms with Crippen molar-refractivity contribution in [3.8, 4) is 0 Å². The van der Waals surface area contributed by atoms with E-state index in [4.69, 9.17) is 9.84 Å². The Morgan fingerprint density at radius 2 is 1.90 bits per heavy atom. The Balaban J connectivity index is 1.75. The van der Waals surface area contributed by atoms with Crippen molar-refractivity contribution in [1.29, 1.82) is 0 Å². The Hall–Kier alpha value is -1.17. The summed E-state index contributed by atoms with van der Waals surface area (Å²) in [5.74, 6) is 0.497. The first-order chi connectivity index (χ1) is 10.1. The largest absolute Gasteiger partial charge is 0.394 e. The topological polar surface area (TPSA) is 140 Å². The third kappa shape index (κ3) is 2.65. The Morgan fingerprint density at radius 3 is 2.67 bits per heavy atom. The molecule has 114 valence electrons. The summed E-state index contributed by atoms with van der Waals surface area (Å²) in [5.41, 5.74) is -0.886. The van der Waals surface area contributed by atoms with Crippen LogP contribution in [-0.2, 0) is 4.74 Å². The van der Waals surface area contributed by atoms with Crippen LogP contribution in [0, 0.1) is 0 Å². The fourth-order valence-electron chi connectivity index (χ4n) is 2.17. The molecule has 10 heteroatoms. The molecule has 0 aromatic carbocycles. The van der Waals surface area contributed by atoms with Crippen molar-refractivity contribution in [2.24, 2.45) is 20.0 Å². The van der Waals surface area contributed by atoms with Gasteiger partial charge >= 0.3 is 0 Å². The van der Waals surface area contributed by atoms with Crippen LogP contribution in [0.4, 0.5) is 0 Å². The zero-order chi connectivity index (χ0) is 15.0. The Kier molecular flexibility index (Phi) is 4.15. The van der Waals surface area contributed by atoms with Crippen LogP contribution in [0.5, 0.6) is 0 Å². The standard InChI is InChI=1S/C11H14N4O5S/c16-1-4-6(17)7(18)8(19)11(20-4)21-10-5-9(13-2-12-5)14-3-15-10/h2-8,11,16-19H,1H2. The van der Waals surface area contributed by atoms with Crippen molar-refractivity contribution in [3.63, 3.8) is 0 Å². The number of nitrogens with zero attached hydrogens (tertiary/aromatic N) is 4. The summed E-state index contributed by atoms with van der Waals surface area (Å²) in [6.45, 7) is -0.468. The predicted octanol–water partition coefficient (Wildman–Crippen LogP) is -2.23. The van der Waals surface area contributed by atoms with E-state index in [-0.39, 0.29) is 0 Å². The molecule has 0 radical (unpaired) electrons. The van der Waals surface area contributed by atoms with Crippen molar-refractivity contribution in [1.82, 2.24) is 0 Å². The molecule has 21 heavy (non-hydrogen) atoms. The molecule has 6 unspecified atom stereocenters. The smallest absolute Gasteiger partial charge is 0.163 e. The molecule has 3 aliphatic rings. The van der Waals surface area contributed by atoms with Gasteiger partial charge in [-0.15, -0.1) is 0 Å². The zero-order valence-corrected chi connectivity index (χ0v) is 11.5. The van der Waals surface area contributed by atoms with Gasteiger partial charge in [0.05, 0.1) is 6.61 Å². The lowest BCUT2D eigenvalue weighted by atomic mass is 10.0. The minimum atomic E-state index is -1.41. The molecule has 0 aliphatic carbocycles. The molecule has 9 nitrogen and oxygen atoms in total. The van der Waals surface area contributed by atoms with E-state index in [0.717, 1.165) is 11.8 Å². The van der Waals surface area contributed by atoms with Gasteiger partial charge in [-0.25, -0.2) is 15.0 Å². The van der Waals surface area contributed by atoms with Gasteiger partial charge in [-0.3, -0.25) is 4.99 Å². The summed E-state index contributed by atoms with van der Waals surface area (Å²) in [5, 5.41) is 39.2. The monoisotopic (exact) mass is 314 g/mol. The first kappa shape index (κ1) is 14.8. The number of amidine groups is 1. The van der Waals surface area contributed by atoms with Gasteiger partial charge in [0.2, 0.25) is 0 Å². The van der Waals surface area contributed by atoms with Gasteiger partial charge < -0.3 is 25.2 Å². The third-order valence-corrected chi connectivity index (χ3v) is 4.54. The quantitative estimate of drug-likeness (QED) is 0.455. The van der Waals surface area contributed by atoms with E-state index in [2.05, 4.69) is 20.0 Å². The van der Waals surface area contributed by atoms with Gasteiger partial charge in [0.15, 0.2) is 11.9 Å². The van der Waals surface area contributed by atoms with Crippen molar-refractivity contribution in [2.45, 2.75) is 35.9 Å². The molecular formula is C11H14N4O5S. The number of fused-ring (bicyclic) bond motifs is 1. The number of hydrogen-bond acceptors (Lipinski definition) is 10. The van der Waals surface area contributed by atoms with Crippen molar-refractivity contribution >= 4 is 35.3 Å². The van der Waals surface area contributed by atoms with Crippen molar-refractivity contribution < 1.29 is 25.2 Å². The maximum atomic E-state index is 10.00.